The molecule has 2 rings (SSSR count). The van der Waals surface area contributed by atoms with Gasteiger partial charge in [-0.25, -0.2) is 0 Å². The topological polar surface area (TPSA) is 44.4 Å². The highest BCUT2D eigenvalue weighted by Crippen LogP contribution is 2.15. The van der Waals surface area contributed by atoms with Crippen molar-refractivity contribution in [1.29, 1.82) is 0 Å². The van der Waals surface area contributed by atoms with Crippen LogP contribution < -0.4 is 10.6 Å². The average Bonchev–Trinajstić information content (AvgIpc) is 2.50. The molecule has 0 aromatic heterocycles. The summed E-state index contributed by atoms with van der Waals surface area (Å²) in [5.74, 6) is 0.0734. The van der Waals surface area contributed by atoms with Gasteiger partial charge in [0, 0.05) is 16.2 Å². The van der Waals surface area contributed by atoms with Crippen LogP contribution in [0.5, 0.6) is 0 Å². The fourth-order valence-electron chi connectivity index (χ4n) is 2.77. The van der Waals surface area contributed by atoms with Crippen molar-refractivity contribution in [2.75, 3.05) is 31.5 Å². The number of carbonyl (C=O) groups is 1. The van der Waals surface area contributed by atoms with Crippen molar-refractivity contribution in [3.63, 3.8) is 0 Å². The van der Waals surface area contributed by atoms with Crippen LogP contribution in [-0.2, 0) is 4.79 Å². The number of nitrogens with one attached hydrogen (secondary N) is 2. The first-order valence-corrected chi connectivity index (χ1v) is 8.48. The zero-order valence-electron chi connectivity index (χ0n) is 13.0. The van der Waals surface area contributed by atoms with Crippen LogP contribution in [0.25, 0.3) is 0 Å². The molecular weight excluding hydrogens is 366 g/mol. The Balaban J connectivity index is 0.00000242. The van der Waals surface area contributed by atoms with Gasteiger partial charge in [0.15, 0.2) is 0 Å². The molecule has 6 heteroatoms. The first-order valence-electron chi connectivity index (χ1n) is 7.69. The van der Waals surface area contributed by atoms with Crippen LogP contribution in [0.4, 0.5) is 5.69 Å². The zero-order chi connectivity index (χ0) is 15.1. The standard InChI is InChI=1S/C16H24BrN3O.ClH/c1-2-11-20(15-7-9-18-10-8-15)12-16(21)19-14-5-3-13(17)4-6-14;/h3-6,15,18H,2,7-12H2,1H3,(H,19,21);1H. The molecule has 2 N–H and O–H groups in total. The molecule has 1 heterocycles. The van der Waals surface area contributed by atoms with Gasteiger partial charge in [-0.1, -0.05) is 22.9 Å². The van der Waals surface area contributed by atoms with Gasteiger partial charge in [0.25, 0.3) is 0 Å². The normalized spacial score (nSPS) is 15.4. The first kappa shape index (κ1) is 19.4. The van der Waals surface area contributed by atoms with Crippen LogP contribution in [0.1, 0.15) is 26.2 Å². The molecule has 0 bridgehead atoms. The summed E-state index contributed by atoms with van der Waals surface area (Å²) in [6.45, 7) is 5.74. The molecule has 1 fully saturated rings. The van der Waals surface area contributed by atoms with Gasteiger partial charge in [0.2, 0.25) is 5.91 Å². The molecule has 1 aliphatic heterocycles. The Bertz CT molecular complexity index is 449. The maximum Gasteiger partial charge on any atom is 0.238 e. The summed E-state index contributed by atoms with van der Waals surface area (Å²) in [6, 6.07) is 8.23. The van der Waals surface area contributed by atoms with E-state index in [0.717, 1.165) is 49.1 Å². The molecule has 0 unspecified atom stereocenters. The quantitative estimate of drug-likeness (QED) is 0.783. The van der Waals surface area contributed by atoms with Crippen LogP contribution in [0.3, 0.4) is 0 Å². The summed E-state index contributed by atoms with van der Waals surface area (Å²) in [5.41, 5.74) is 0.852. The van der Waals surface area contributed by atoms with Gasteiger partial charge in [-0.2, -0.15) is 0 Å². The van der Waals surface area contributed by atoms with Crippen molar-refractivity contribution < 1.29 is 4.79 Å². The number of benzene rings is 1. The Labute approximate surface area is 147 Å². The molecule has 1 amide bonds. The molecule has 0 aliphatic carbocycles. The van der Waals surface area contributed by atoms with Crippen molar-refractivity contribution in [3.05, 3.63) is 28.7 Å². The van der Waals surface area contributed by atoms with E-state index in [-0.39, 0.29) is 18.3 Å². The van der Waals surface area contributed by atoms with Crippen molar-refractivity contribution >= 4 is 39.9 Å². The highest BCUT2D eigenvalue weighted by atomic mass is 79.9. The van der Waals surface area contributed by atoms with Gasteiger partial charge in [-0.3, -0.25) is 9.69 Å². The number of nitrogens with zero attached hydrogens (tertiary/aromatic N) is 1. The van der Waals surface area contributed by atoms with Gasteiger partial charge in [-0.15, -0.1) is 12.4 Å². The van der Waals surface area contributed by atoms with Gasteiger partial charge in [0.1, 0.15) is 0 Å². The third-order valence-corrected chi connectivity index (χ3v) is 4.34. The minimum absolute atomic E-state index is 0. The Morgan fingerprint density at radius 1 is 1.32 bits per heavy atom. The van der Waals surface area contributed by atoms with E-state index in [9.17, 15) is 4.79 Å². The lowest BCUT2D eigenvalue weighted by atomic mass is 10.0. The third-order valence-electron chi connectivity index (χ3n) is 3.81. The lowest BCUT2D eigenvalue weighted by Gasteiger charge is -2.34. The van der Waals surface area contributed by atoms with E-state index in [2.05, 4.69) is 38.4 Å². The SMILES string of the molecule is CCCN(CC(=O)Nc1ccc(Br)cc1)C1CCNCC1.Cl. The van der Waals surface area contributed by atoms with E-state index in [1.807, 2.05) is 24.3 Å². The zero-order valence-corrected chi connectivity index (χ0v) is 15.4. The summed E-state index contributed by atoms with van der Waals surface area (Å²) >= 11 is 3.40. The minimum atomic E-state index is 0. The van der Waals surface area contributed by atoms with Gasteiger partial charge in [0.05, 0.1) is 6.54 Å². The minimum Gasteiger partial charge on any atom is -0.325 e. The number of piperidine rings is 1. The number of halogens is 2. The monoisotopic (exact) mass is 389 g/mol. The first-order chi connectivity index (χ1) is 10.2. The number of hydrogen-bond acceptors (Lipinski definition) is 3. The molecule has 1 aromatic rings. The van der Waals surface area contributed by atoms with E-state index < -0.39 is 0 Å². The van der Waals surface area contributed by atoms with Gasteiger partial charge in [-0.05, 0) is 63.2 Å². The van der Waals surface area contributed by atoms with Crippen molar-refractivity contribution in [1.82, 2.24) is 10.2 Å². The van der Waals surface area contributed by atoms with E-state index in [1.165, 1.54) is 0 Å². The van der Waals surface area contributed by atoms with E-state index in [4.69, 9.17) is 0 Å². The maximum absolute atomic E-state index is 12.2. The van der Waals surface area contributed by atoms with Crippen molar-refractivity contribution in [2.45, 2.75) is 32.2 Å². The second-order valence-corrected chi connectivity index (χ2v) is 6.42. The Hall–Kier alpha value is -0.620. The number of amides is 1. The Kier molecular flexibility index (Phi) is 9.02. The van der Waals surface area contributed by atoms with Crippen LogP contribution in [-0.4, -0.2) is 43.0 Å². The average molecular weight is 391 g/mol. The Morgan fingerprint density at radius 2 is 1.95 bits per heavy atom. The van der Waals surface area contributed by atoms with E-state index in [0.29, 0.717) is 12.6 Å². The predicted molar refractivity (Wildman–Crippen MR) is 97.8 cm³/mol. The Morgan fingerprint density at radius 3 is 2.55 bits per heavy atom. The van der Waals surface area contributed by atoms with Gasteiger partial charge >= 0.3 is 0 Å². The summed E-state index contributed by atoms with van der Waals surface area (Å²) < 4.78 is 1.02. The summed E-state index contributed by atoms with van der Waals surface area (Å²) in [4.78, 5) is 14.6. The lowest BCUT2D eigenvalue weighted by Crippen LogP contribution is -2.46. The molecular formula is C16H25BrClN3O. The van der Waals surface area contributed by atoms with E-state index >= 15 is 0 Å². The van der Waals surface area contributed by atoms with Gasteiger partial charge < -0.3 is 10.6 Å². The third kappa shape index (κ3) is 6.24. The molecule has 22 heavy (non-hydrogen) atoms. The fraction of sp³-hybridized carbons (Fsp3) is 0.562. The van der Waals surface area contributed by atoms with Crippen LogP contribution in [0.2, 0.25) is 0 Å². The number of rotatable bonds is 6. The number of hydrogen-bond donors (Lipinski definition) is 2. The molecule has 4 nitrogen and oxygen atoms in total. The smallest absolute Gasteiger partial charge is 0.238 e. The summed E-state index contributed by atoms with van der Waals surface area (Å²) in [5, 5.41) is 6.36. The molecule has 1 aliphatic rings. The van der Waals surface area contributed by atoms with Crippen molar-refractivity contribution in [2.24, 2.45) is 0 Å². The largest absolute Gasteiger partial charge is 0.325 e. The fourth-order valence-corrected chi connectivity index (χ4v) is 3.03. The summed E-state index contributed by atoms with van der Waals surface area (Å²) in [7, 11) is 0. The molecule has 0 spiro atoms. The van der Waals surface area contributed by atoms with Crippen molar-refractivity contribution in [3.8, 4) is 0 Å². The number of anilines is 1. The molecule has 1 aromatic carbocycles. The van der Waals surface area contributed by atoms with E-state index in [1.54, 1.807) is 0 Å². The molecule has 0 radical (unpaired) electrons. The lowest BCUT2D eigenvalue weighted by molar-refractivity contribution is -0.118. The highest BCUT2D eigenvalue weighted by Gasteiger charge is 2.22. The second kappa shape index (κ2) is 10.2. The van der Waals surface area contributed by atoms with Crippen LogP contribution in [0, 0.1) is 0 Å². The molecule has 124 valence electrons. The molecule has 0 saturated carbocycles. The molecule has 1 saturated heterocycles. The second-order valence-electron chi connectivity index (χ2n) is 5.51. The predicted octanol–water partition coefficient (Wildman–Crippen LogP) is 3.27. The number of carbonyl (C=O) groups excluding carboxylic acids is 1. The van der Waals surface area contributed by atoms with Crippen LogP contribution in [0.15, 0.2) is 28.7 Å². The van der Waals surface area contributed by atoms with Crippen LogP contribution >= 0.6 is 28.3 Å². The molecule has 0 atom stereocenters. The summed E-state index contributed by atoms with van der Waals surface area (Å²) in [6.07, 6.45) is 3.34. The maximum atomic E-state index is 12.2. The highest BCUT2D eigenvalue weighted by molar-refractivity contribution is 9.10.